The summed E-state index contributed by atoms with van der Waals surface area (Å²) in [6.07, 6.45) is 1.55. The zero-order valence-electron chi connectivity index (χ0n) is 7.74. The first-order chi connectivity index (χ1) is 7.25. The smallest absolute Gasteiger partial charge is 0.166 e. The Balaban J connectivity index is 2.05. The van der Waals surface area contributed by atoms with Gasteiger partial charge in [0.15, 0.2) is 11.6 Å². The van der Waals surface area contributed by atoms with Crippen molar-refractivity contribution in [1.29, 1.82) is 0 Å². The number of hydrogen-bond donors (Lipinski definition) is 0. The number of benzene rings is 1. The van der Waals surface area contributed by atoms with Crippen LogP contribution in [-0.4, -0.2) is 0 Å². The summed E-state index contributed by atoms with van der Waals surface area (Å²) in [5.41, 5.74) is 0. The zero-order chi connectivity index (χ0) is 10.7. The minimum Gasteiger partial charge on any atom is -0.483 e. The first-order valence-corrected chi connectivity index (χ1v) is 5.15. The van der Waals surface area contributed by atoms with Gasteiger partial charge in [-0.2, -0.15) is 0 Å². The van der Waals surface area contributed by atoms with Crippen LogP contribution in [-0.2, 0) is 6.61 Å². The molecule has 0 saturated carbocycles. The lowest BCUT2D eigenvalue weighted by Gasteiger charge is -2.05. The van der Waals surface area contributed by atoms with Crippen molar-refractivity contribution < 1.29 is 13.5 Å². The van der Waals surface area contributed by atoms with Crippen LogP contribution >= 0.6 is 15.9 Å². The fourth-order valence-electron chi connectivity index (χ4n) is 1.14. The summed E-state index contributed by atoms with van der Waals surface area (Å²) in [5, 5.41) is 0. The van der Waals surface area contributed by atoms with Crippen molar-refractivity contribution in [1.82, 2.24) is 0 Å². The largest absolute Gasteiger partial charge is 0.483 e. The molecular formula is C11H8BrFO2. The molecule has 0 aliphatic heterocycles. The Morgan fingerprint density at radius 1 is 1.33 bits per heavy atom. The SMILES string of the molecule is Fc1cc(Br)ccc1OCc1ccco1. The fraction of sp³-hybridized carbons (Fsp3) is 0.0909. The molecule has 2 aromatic rings. The van der Waals surface area contributed by atoms with Gasteiger partial charge in [-0.3, -0.25) is 0 Å². The van der Waals surface area contributed by atoms with Crippen molar-refractivity contribution in [3.63, 3.8) is 0 Å². The Kier molecular flexibility index (Phi) is 3.06. The van der Waals surface area contributed by atoms with Gasteiger partial charge in [-0.1, -0.05) is 15.9 Å². The summed E-state index contributed by atoms with van der Waals surface area (Å²) in [7, 11) is 0. The molecule has 1 aromatic carbocycles. The van der Waals surface area contributed by atoms with E-state index in [2.05, 4.69) is 15.9 Å². The third-order valence-corrected chi connectivity index (χ3v) is 2.34. The Labute approximate surface area is 94.8 Å². The van der Waals surface area contributed by atoms with Crippen molar-refractivity contribution in [2.45, 2.75) is 6.61 Å². The Morgan fingerprint density at radius 3 is 2.87 bits per heavy atom. The molecule has 0 aliphatic carbocycles. The van der Waals surface area contributed by atoms with Crippen LogP contribution in [0.3, 0.4) is 0 Å². The molecule has 2 nitrogen and oxygen atoms in total. The van der Waals surface area contributed by atoms with Gasteiger partial charge in [-0.25, -0.2) is 4.39 Å². The van der Waals surface area contributed by atoms with Gasteiger partial charge in [-0.05, 0) is 30.3 Å². The van der Waals surface area contributed by atoms with Gasteiger partial charge >= 0.3 is 0 Å². The number of halogens is 2. The van der Waals surface area contributed by atoms with Gasteiger partial charge in [0.25, 0.3) is 0 Å². The second-order valence-corrected chi connectivity index (χ2v) is 3.86. The summed E-state index contributed by atoms with van der Waals surface area (Å²) in [4.78, 5) is 0. The van der Waals surface area contributed by atoms with Gasteiger partial charge in [0, 0.05) is 4.47 Å². The highest BCUT2D eigenvalue weighted by atomic mass is 79.9. The first-order valence-electron chi connectivity index (χ1n) is 4.36. The molecule has 78 valence electrons. The minimum atomic E-state index is -0.393. The molecule has 0 N–H and O–H groups in total. The van der Waals surface area contributed by atoms with E-state index >= 15 is 0 Å². The van der Waals surface area contributed by atoms with Crippen LogP contribution in [0.1, 0.15) is 5.76 Å². The van der Waals surface area contributed by atoms with Gasteiger partial charge in [0.1, 0.15) is 12.4 Å². The summed E-state index contributed by atoms with van der Waals surface area (Å²) >= 11 is 3.17. The molecule has 1 heterocycles. The van der Waals surface area contributed by atoms with E-state index in [9.17, 15) is 4.39 Å². The number of ether oxygens (including phenoxy) is 1. The van der Waals surface area contributed by atoms with E-state index in [1.807, 2.05) is 0 Å². The van der Waals surface area contributed by atoms with Crippen LogP contribution in [0, 0.1) is 5.82 Å². The number of rotatable bonds is 3. The van der Waals surface area contributed by atoms with Crippen molar-refractivity contribution in [2.24, 2.45) is 0 Å². The molecule has 0 spiro atoms. The lowest BCUT2D eigenvalue weighted by atomic mass is 10.3. The quantitative estimate of drug-likeness (QED) is 0.848. The Morgan fingerprint density at radius 2 is 2.20 bits per heavy atom. The second-order valence-electron chi connectivity index (χ2n) is 2.94. The molecule has 4 heteroatoms. The molecule has 2 rings (SSSR count). The lowest BCUT2D eigenvalue weighted by Crippen LogP contribution is -1.95. The Hall–Kier alpha value is -1.29. The topological polar surface area (TPSA) is 22.4 Å². The summed E-state index contributed by atoms with van der Waals surface area (Å²) < 4.78 is 24.3. The molecule has 0 bridgehead atoms. The maximum Gasteiger partial charge on any atom is 0.166 e. The third-order valence-electron chi connectivity index (χ3n) is 1.84. The summed E-state index contributed by atoms with van der Waals surface area (Å²) in [6.45, 7) is 0.228. The summed E-state index contributed by atoms with van der Waals surface area (Å²) in [6, 6.07) is 8.19. The van der Waals surface area contributed by atoms with Gasteiger partial charge in [0.05, 0.1) is 6.26 Å². The van der Waals surface area contributed by atoms with Crippen LogP contribution in [0.4, 0.5) is 4.39 Å². The van der Waals surface area contributed by atoms with Crippen LogP contribution in [0.15, 0.2) is 45.5 Å². The van der Waals surface area contributed by atoms with E-state index in [0.29, 0.717) is 10.2 Å². The standard InChI is InChI=1S/C11H8BrFO2/c12-8-3-4-11(10(13)6-8)15-7-9-2-1-5-14-9/h1-6H,7H2. The molecule has 0 amide bonds. The van der Waals surface area contributed by atoms with Gasteiger partial charge in [0.2, 0.25) is 0 Å². The second kappa shape index (κ2) is 4.49. The highest BCUT2D eigenvalue weighted by Gasteiger charge is 2.04. The Bertz CT molecular complexity index is 440. The average molecular weight is 271 g/mol. The highest BCUT2D eigenvalue weighted by Crippen LogP contribution is 2.22. The zero-order valence-corrected chi connectivity index (χ0v) is 9.33. The van der Waals surface area contributed by atoms with Crippen LogP contribution < -0.4 is 4.74 Å². The van der Waals surface area contributed by atoms with E-state index in [1.165, 1.54) is 6.07 Å². The predicted octanol–water partition coefficient (Wildman–Crippen LogP) is 3.76. The molecule has 0 aliphatic rings. The number of hydrogen-bond acceptors (Lipinski definition) is 2. The fourth-order valence-corrected chi connectivity index (χ4v) is 1.47. The van der Waals surface area contributed by atoms with Crippen molar-refractivity contribution in [2.75, 3.05) is 0 Å². The van der Waals surface area contributed by atoms with Gasteiger partial charge < -0.3 is 9.15 Å². The van der Waals surface area contributed by atoms with Crippen LogP contribution in [0.2, 0.25) is 0 Å². The molecule has 0 unspecified atom stereocenters. The molecule has 0 fully saturated rings. The molecule has 1 aromatic heterocycles. The van der Waals surface area contributed by atoms with E-state index in [0.717, 1.165) is 0 Å². The minimum absolute atomic E-state index is 0.217. The van der Waals surface area contributed by atoms with Crippen LogP contribution in [0.5, 0.6) is 5.75 Å². The molecular weight excluding hydrogens is 263 g/mol. The molecule has 0 radical (unpaired) electrons. The normalized spacial score (nSPS) is 10.3. The van der Waals surface area contributed by atoms with E-state index < -0.39 is 5.82 Å². The van der Waals surface area contributed by atoms with E-state index in [1.54, 1.807) is 30.5 Å². The maximum absolute atomic E-state index is 13.3. The van der Waals surface area contributed by atoms with E-state index in [-0.39, 0.29) is 12.4 Å². The maximum atomic E-state index is 13.3. The van der Waals surface area contributed by atoms with Crippen molar-refractivity contribution in [3.8, 4) is 5.75 Å². The highest BCUT2D eigenvalue weighted by molar-refractivity contribution is 9.10. The summed E-state index contributed by atoms with van der Waals surface area (Å²) in [5.74, 6) is 0.489. The van der Waals surface area contributed by atoms with Gasteiger partial charge in [-0.15, -0.1) is 0 Å². The number of furan rings is 1. The monoisotopic (exact) mass is 270 g/mol. The molecule has 15 heavy (non-hydrogen) atoms. The van der Waals surface area contributed by atoms with E-state index in [4.69, 9.17) is 9.15 Å². The molecule has 0 saturated heterocycles. The first kappa shape index (κ1) is 10.2. The molecule has 0 atom stereocenters. The van der Waals surface area contributed by atoms with Crippen LogP contribution in [0.25, 0.3) is 0 Å². The van der Waals surface area contributed by atoms with Crippen molar-refractivity contribution in [3.05, 3.63) is 52.6 Å². The third kappa shape index (κ3) is 2.59. The average Bonchev–Trinajstić information content (AvgIpc) is 2.69. The lowest BCUT2D eigenvalue weighted by molar-refractivity contribution is 0.258. The predicted molar refractivity (Wildman–Crippen MR) is 57.1 cm³/mol. The van der Waals surface area contributed by atoms with Crippen molar-refractivity contribution >= 4 is 15.9 Å².